The highest BCUT2D eigenvalue weighted by molar-refractivity contribution is 7.99. The number of thioether (sulfide) groups is 1. The average molecular weight is 534 g/mol. The number of alkyl halides is 1. The van der Waals surface area contributed by atoms with Gasteiger partial charge in [0.25, 0.3) is 0 Å². The van der Waals surface area contributed by atoms with Gasteiger partial charge >= 0.3 is 0 Å². The van der Waals surface area contributed by atoms with Gasteiger partial charge in [0.05, 0.1) is 27.0 Å². The molecule has 1 aromatic heterocycles. The van der Waals surface area contributed by atoms with Crippen molar-refractivity contribution in [2.24, 2.45) is 5.14 Å². The summed E-state index contributed by atoms with van der Waals surface area (Å²) in [6.07, 6.45) is 0.849. The van der Waals surface area contributed by atoms with Crippen LogP contribution in [0, 0.1) is 0 Å². The van der Waals surface area contributed by atoms with Gasteiger partial charge in [-0.25, -0.2) is 17.9 Å². The van der Waals surface area contributed by atoms with Crippen molar-refractivity contribution in [3.8, 4) is 5.69 Å². The lowest BCUT2D eigenvalue weighted by Gasteiger charge is -2.14. The quantitative estimate of drug-likeness (QED) is 0.322. The van der Waals surface area contributed by atoms with Crippen molar-refractivity contribution in [1.82, 2.24) is 14.8 Å². The van der Waals surface area contributed by atoms with Gasteiger partial charge in [-0.3, -0.25) is 9.36 Å². The standard InChI is InChI=1S/C23H21ClFN5O3S2/c1-2-14-7-10-20(17-6-4-3-5-16(14)17)30-21(12-25)28-29-23(30)34-13-22(31)27-19-9-8-15(11-18(19)24)35(26,32)33/h3-11H,2,12-13H2,1H3,(H,27,31)(H2,26,32,33). The summed E-state index contributed by atoms with van der Waals surface area (Å²) in [7, 11) is -3.92. The number of aryl methyl sites for hydroxylation is 1. The zero-order valence-corrected chi connectivity index (χ0v) is 20.9. The SMILES string of the molecule is CCc1ccc(-n2c(CF)nnc2SCC(=O)Nc2ccc(S(N)(=O)=O)cc2Cl)c2ccccc12. The maximum Gasteiger partial charge on any atom is 0.238 e. The molecule has 4 rings (SSSR count). The van der Waals surface area contributed by atoms with Crippen molar-refractivity contribution in [2.75, 3.05) is 11.1 Å². The molecule has 0 aliphatic carbocycles. The molecule has 12 heteroatoms. The number of carbonyl (C=O) groups excluding carboxylic acids is 1. The summed E-state index contributed by atoms with van der Waals surface area (Å²) in [6.45, 7) is 1.25. The van der Waals surface area contributed by atoms with Crippen molar-refractivity contribution in [1.29, 1.82) is 0 Å². The molecule has 182 valence electrons. The molecule has 0 saturated carbocycles. The number of carbonyl (C=O) groups is 1. The number of aromatic nitrogens is 3. The highest BCUT2D eigenvalue weighted by atomic mass is 35.5. The number of nitrogens with two attached hydrogens (primary N) is 1. The van der Waals surface area contributed by atoms with Gasteiger partial charge in [-0.15, -0.1) is 10.2 Å². The lowest BCUT2D eigenvalue weighted by atomic mass is 10.0. The first-order valence-electron chi connectivity index (χ1n) is 10.5. The summed E-state index contributed by atoms with van der Waals surface area (Å²) in [6, 6.07) is 15.5. The van der Waals surface area contributed by atoms with Gasteiger partial charge < -0.3 is 5.32 Å². The zero-order chi connectivity index (χ0) is 25.2. The van der Waals surface area contributed by atoms with Gasteiger partial charge in [-0.05, 0) is 41.6 Å². The number of hydrogen-bond donors (Lipinski definition) is 2. The van der Waals surface area contributed by atoms with Crippen molar-refractivity contribution in [3.63, 3.8) is 0 Å². The van der Waals surface area contributed by atoms with E-state index < -0.39 is 22.6 Å². The monoisotopic (exact) mass is 533 g/mol. The Labute approximate surface area is 210 Å². The Balaban J connectivity index is 1.59. The molecule has 35 heavy (non-hydrogen) atoms. The zero-order valence-electron chi connectivity index (χ0n) is 18.5. The maximum absolute atomic E-state index is 13.8. The second-order valence-electron chi connectivity index (χ2n) is 7.53. The van der Waals surface area contributed by atoms with Gasteiger partial charge in [0.2, 0.25) is 15.9 Å². The molecule has 3 N–H and O–H groups in total. The summed E-state index contributed by atoms with van der Waals surface area (Å²) in [5, 5.41) is 18.1. The van der Waals surface area contributed by atoms with Crippen LogP contribution in [0.2, 0.25) is 5.02 Å². The molecule has 0 atom stereocenters. The van der Waals surface area contributed by atoms with E-state index >= 15 is 0 Å². The molecule has 0 fully saturated rings. The summed E-state index contributed by atoms with van der Waals surface area (Å²) < 4.78 is 38.3. The van der Waals surface area contributed by atoms with Crippen molar-refractivity contribution in [3.05, 3.63) is 71.0 Å². The second-order valence-corrected chi connectivity index (χ2v) is 10.4. The Kier molecular flexibility index (Phi) is 7.41. The highest BCUT2D eigenvalue weighted by Crippen LogP contribution is 2.31. The molecule has 1 heterocycles. The third-order valence-electron chi connectivity index (χ3n) is 5.31. The van der Waals surface area contributed by atoms with E-state index in [9.17, 15) is 17.6 Å². The number of nitrogens with zero attached hydrogens (tertiary/aromatic N) is 3. The van der Waals surface area contributed by atoms with E-state index in [4.69, 9.17) is 16.7 Å². The van der Waals surface area contributed by atoms with Crippen molar-refractivity contribution < 1.29 is 17.6 Å². The van der Waals surface area contributed by atoms with Crippen LogP contribution in [-0.2, 0) is 27.9 Å². The van der Waals surface area contributed by atoms with Crippen LogP contribution in [0.4, 0.5) is 10.1 Å². The first-order chi connectivity index (χ1) is 16.7. The number of sulfonamides is 1. The number of fused-ring (bicyclic) bond motifs is 1. The number of rotatable bonds is 8. The molecule has 0 bridgehead atoms. The van der Waals surface area contributed by atoms with E-state index in [1.54, 1.807) is 4.57 Å². The molecule has 4 aromatic rings. The predicted octanol–water partition coefficient (Wildman–Crippen LogP) is 4.48. The summed E-state index contributed by atoms with van der Waals surface area (Å²) in [5.41, 5.74) is 2.12. The molecule has 1 amide bonds. The minimum absolute atomic E-state index is 0.0280. The topological polar surface area (TPSA) is 120 Å². The minimum Gasteiger partial charge on any atom is -0.324 e. The maximum atomic E-state index is 13.8. The number of primary sulfonamides is 1. The number of nitrogens with one attached hydrogen (secondary N) is 1. The van der Waals surface area contributed by atoms with Crippen LogP contribution in [-0.4, -0.2) is 34.8 Å². The number of benzene rings is 3. The molecule has 3 aromatic carbocycles. The smallest absolute Gasteiger partial charge is 0.238 e. The fourth-order valence-electron chi connectivity index (χ4n) is 3.66. The first-order valence-corrected chi connectivity index (χ1v) is 13.4. The van der Waals surface area contributed by atoms with Gasteiger partial charge in [0.1, 0.15) is 6.67 Å². The lowest BCUT2D eigenvalue weighted by molar-refractivity contribution is -0.113. The predicted molar refractivity (Wildman–Crippen MR) is 135 cm³/mol. The van der Waals surface area contributed by atoms with Crippen LogP contribution >= 0.6 is 23.4 Å². The number of hydrogen-bond acceptors (Lipinski definition) is 6. The Hall–Kier alpha value is -2.99. The van der Waals surface area contributed by atoms with Gasteiger partial charge in [-0.2, -0.15) is 0 Å². The van der Waals surface area contributed by atoms with Gasteiger partial charge in [0, 0.05) is 5.39 Å². The molecule has 8 nitrogen and oxygen atoms in total. The average Bonchev–Trinajstić information content (AvgIpc) is 3.25. The highest BCUT2D eigenvalue weighted by Gasteiger charge is 2.19. The summed E-state index contributed by atoms with van der Waals surface area (Å²) >= 11 is 7.18. The van der Waals surface area contributed by atoms with E-state index in [2.05, 4.69) is 22.4 Å². The number of halogens is 2. The van der Waals surface area contributed by atoms with E-state index in [1.165, 1.54) is 12.1 Å². The largest absolute Gasteiger partial charge is 0.324 e. The fourth-order valence-corrected chi connectivity index (χ4v) is 5.26. The molecule has 0 saturated heterocycles. The summed E-state index contributed by atoms with van der Waals surface area (Å²) in [4.78, 5) is 12.4. The first kappa shape index (κ1) is 25.1. The van der Waals surface area contributed by atoms with Crippen LogP contribution in [0.25, 0.3) is 16.5 Å². The molecule has 0 radical (unpaired) electrons. The molecular weight excluding hydrogens is 513 g/mol. The van der Waals surface area contributed by atoms with E-state index in [0.717, 1.165) is 46.3 Å². The molecule has 0 aliphatic rings. The minimum atomic E-state index is -3.92. The van der Waals surface area contributed by atoms with Crippen LogP contribution in [0.15, 0.2) is 64.6 Å². The Morgan fingerprint density at radius 3 is 2.54 bits per heavy atom. The number of anilines is 1. The van der Waals surface area contributed by atoms with Crippen LogP contribution in [0.5, 0.6) is 0 Å². The molecule has 0 spiro atoms. The molecule has 0 unspecified atom stereocenters. The molecular formula is C23H21ClFN5O3S2. The third-order valence-corrected chi connectivity index (χ3v) is 7.46. The number of amides is 1. The van der Waals surface area contributed by atoms with E-state index in [0.29, 0.717) is 5.16 Å². The summed E-state index contributed by atoms with van der Waals surface area (Å²) in [5.74, 6) is -0.352. The van der Waals surface area contributed by atoms with Crippen molar-refractivity contribution >= 4 is 55.8 Å². The normalized spacial score (nSPS) is 11.7. The van der Waals surface area contributed by atoms with E-state index in [-0.39, 0.29) is 27.2 Å². The van der Waals surface area contributed by atoms with Crippen LogP contribution in [0.1, 0.15) is 18.3 Å². The molecule has 0 aliphatic heterocycles. The Bertz CT molecular complexity index is 1530. The van der Waals surface area contributed by atoms with Gasteiger partial charge in [0.15, 0.2) is 11.0 Å². The van der Waals surface area contributed by atoms with E-state index in [1.807, 2.05) is 36.4 Å². The fraction of sp³-hybridized carbons (Fsp3) is 0.174. The van der Waals surface area contributed by atoms with Crippen molar-refractivity contribution in [2.45, 2.75) is 30.1 Å². The Morgan fingerprint density at radius 2 is 1.89 bits per heavy atom. The van der Waals surface area contributed by atoms with Crippen LogP contribution in [0.3, 0.4) is 0 Å². The lowest BCUT2D eigenvalue weighted by Crippen LogP contribution is -2.16. The Morgan fingerprint density at radius 1 is 1.14 bits per heavy atom. The second kappa shape index (κ2) is 10.3. The third kappa shape index (κ3) is 5.32. The van der Waals surface area contributed by atoms with Crippen LogP contribution < -0.4 is 10.5 Å². The van der Waals surface area contributed by atoms with Gasteiger partial charge in [-0.1, -0.05) is 60.6 Å².